The Morgan fingerprint density at radius 2 is 2.09 bits per heavy atom. The van der Waals surface area contributed by atoms with Crippen LogP contribution in [0.15, 0.2) is 30.3 Å². The zero-order valence-corrected chi connectivity index (χ0v) is 14.2. The Labute approximate surface area is 140 Å². The maximum atomic E-state index is 13.0. The van der Waals surface area contributed by atoms with Crippen molar-refractivity contribution in [3.63, 3.8) is 0 Å². The number of hydrogen-bond acceptors (Lipinski definition) is 4. The molecule has 1 saturated heterocycles. The minimum absolute atomic E-state index is 0.0539. The number of rotatable bonds is 6. The third-order valence-corrected chi connectivity index (χ3v) is 6.11. The van der Waals surface area contributed by atoms with Gasteiger partial charge in [-0.3, -0.25) is 4.79 Å². The maximum Gasteiger partial charge on any atom is 0.244 e. The SMILES string of the molecule is O=C(/C=C/c1cccc(F)c1)NCCS(=O)(=O)N1CCSCC1. The highest BCUT2D eigenvalue weighted by Crippen LogP contribution is 2.13. The Hall–Kier alpha value is -1.38. The summed E-state index contributed by atoms with van der Waals surface area (Å²) < 4.78 is 38.6. The van der Waals surface area contributed by atoms with Crippen LogP contribution < -0.4 is 5.32 Å². The van der Waals surface area contributed by atoms with Crippen LogP contribution in [-0.2, 0) is 14.8 Å². The standard InChI is InChI=1S/C15H19FN2O3S2/c16-14-3-1-2-13(12-14)4-5-15(19)17-6-11-23(20,21)18-7-9-22-10-8-18/h1-5,12H,6-11H2,(H,17,19)/b5-4+. The van der Waals surface area contributed by atoms with Crippen molar-refractivity contribution in [3.05, 3.63) is 41.7 Å². The molecule has 23 heavy (non-hydrogen) atoms. The van der Waals surface area contributed by atoms with Gasteiger partial charge in [-0.15, -0.1) is 0 Å². The summed E-state index contributed by atoms with van der Waals surface area (Å²) in [6.07, 6.45) is 2.74. The van der Waals surface area contributed by atoms with E-state index in [0.717, 1.165) is 11.5 Å². The molecule has 5 nitrogen and oxygen atoms in total. The topological polar surface area (TPSA) is 66.5 Å². The normalized spacial score (nSPS) is 16.6. The first-order valence-corrected chi connectivity index (χ1v) is 10.0. The lowest BCUT2D eigenvalue weighted by Gasteiger charge is -2.25. The Kier molecular flexibility index (Phi) is 6.61. The molecule has 0 radical (unpaired) electrons. The molecule has 2 rings (SSSR count). The molecule has 1 fully saturated rings. The molecule has 1 aliphatic heterocycles. The van der Waals surface area contributed by atoms with E-state index in [2.05, 4.69) is 5.32 Å². The van der Waals surface area contributed by atoms with Crippen molar-refractivity contribution in [1.29, 1.82) is 0 Å². The average molecular weight is 358 g/mol. The molecule has 0 spiro atoms. The van der Waals surface area contributed by atoms with E-state index in [0.29, 0.717) is 18.7 Å². The van der Waals surface area contributed by atoms with Crippen LogP contribution in [0, 0.1) is 5.82 Å². The summed E-state index contributed by atoms with van der Waals surface area (Å²) in [4.78, 5) is 11.7. The second kappa shape index (κ2) is 8.47. The van der Waals surface area contributed by atoms with Gasteiger partial charge in [-0.25, -0.2) is 17.1 Å². The zero-order chi connectivity index (χ0) is 16.7. The second-order valence-electron chi connectivity index (χ2n) is 5.01. The van der Waals surface area contributed by atoms with Gasteiger partial charge in [0.15, 0.2) is 0 Å². The summed E-state index contributed by atoms with van der Waals surface area (Å²) in [5.41, 5.74) is 0.568. The van der Waals surface area contributed by atoms with Gasteiger partial charge in [-0.05, 0) is 23.8 Å². The molecule has 126 valence electrons. The highest BCUT2D eigenvalue weighted by atomic mass is 32.2. The summed E-state index contributed by atoms with van der Waals surface area (Å²) in [7, 11) is -3.32. The van der Waals surface area contributed by atoms with Crippen molar-refractivity contribution in [2.24, 2.45) is 0 Å². The maximum absolute atomic E-state index is 13.0. The van der Waals surface area contributed by atoms with Gasteiger partial charge in [-0.1, -0.05) is 12.1 Å². The number of halogens is 1. The van der Waals surface area contributed by atoms with Gasteiger partial charge in [0.1, 0.15) is 5.82 Å². The summed E-state index contributed by atoms with van der Waals surface area (Å²) in [6.45, 7) is 1.11. The lowest BCUT2D eigenvalue weighted by Crippen LogP contribution is -2.41. The lowest BCUT2D eigenvalue weighted by atomic mass is 10.2. The van der Waals surface area contributed by atoms with Crippen LogP contribution in [0.3, 0.4) is 0 Å². The first-order chi connectivity index (χ1) is 11.0. The van der Waals surface area contributed by atoms with Crippen LogP contribution in [0.2, 0.25) is 0 Å². The molecule has 0 aromatic heterocycles. The van der Waals surface area contributed by atoms with Gasteiger partial charge >= 0.3 is 0 Å². The number of nitrogens with one attached hydrogen (secondary N) is 1. The lowest BCUT2D eigenvalue weighted by molar-refractivity contribution is -0.116. The van der Waals surface area contributed by atoms with E-state index in [1.165, 1.54) is 28.6 Å². The predicted molar refractivity (Wildman–Crippen MR) is 91.1 cm³/mol. The molecule has 1 aromatic rings. The van der Waals surface area contributed by atoms with E-state index in [-0.39, 0.29) is 18.1 Å². The molecule has 0 unspecified atom stereocenters. The van der Waals surface area contributed by atoms with Crippen molar-refractivity contribution in [3.8, 4) is 0 Å². The van der Waals surface area contributed by atoms with Gasteiger partial charge in [0.05, 0.1) is 5.75 Å². The number of carbonyl (C=O) groups excluding carboxylic acids is 1. The van der Waals surface area contributed by atoms with Gasteiger partial charge in [0.2, 0.25) is 15.9 Å². The largest absolute Gasteiger partial charge is 0.351 e. The van der Waals surface area contributed by atoms with Crippen molar-refractivity contribution in [1.82, 2.24) is 9.62 Å². The van der Waals surface area contributed by atoms with E-state index in [1.54, 1.807) is 23.9 Å². The number of amides is 1. The summed E-state index contributed by atoms with van der Waals surface area (Å²) in [6, 6.07) is 5.85. The molecule has 8 heteroatoms. The second-order valence-corrected chi connectivity index (χ2v) is 8.32. The number of sulfonamides is 1. The zero-order valence-electron chi connectivity index (χ0n) is 12.6. The monoisotopic (exact) mass is 358 g/mol. The van der Waals surface area contributed by atoms with E-state index >= 15 is 0 Å². The third kappa shape index (κ3) is 5.96. The molecule has 0 saturated carbocycles. The van der Waals surface area contributed by atoms with E-state index in [9.17, 15) is 17.6 Å². The molecule has 1 heterocycles. The Bertz CT molecular complexity index is 671. The van der Waals surface area contributed by atoms with E-state index in [4.69, 9.17) is 0 Å². The van der Waals surface area contributed by atoms with Gasteiger partial charge in [0, 0.05) is 37.2 Å². The fourth-order valence-corrected chi connectivity index (χ4v) is 4.59. The van der Waals surface area contributed by atoms with Crippen LogP contribution in [-0.4, -0.2) is 55.5 Å². The molecule has 1 aromatic carbocycles. The van der Waals surface area contributed by atoms with E-state index in [1.807, 2.05) is 0 Å². The average Bonchev–Trinajstić information content (AvgIpc) is 2.54. The highest BCUT2D eigenvalue weighted by Gasteiger charge is 2.23. The number of thioether (sulfide) groups is 1. The Morgan fingerprint density at radius 3 is 2.78 bits per heavy atom. The molecular weight excluding hydrogens is 339 g/mol. The fourth-order valence-electron chi connectivity index (χ4n) is 2.10. The quantitative estimate of drug-likeness (QED) is 0.779. The third-order valence-electron chi connectivity index (χ3n) is 3.30. The van der Waals surface area contributed by atoms with Gasteiger partial charge in [0.25, 0.3) is 0 Å². The van der Waals surface area contributed by atoms with Crippen molar-refractivity contribution >= 4 is 33.8 Å². The van der Waals surface area contributed by atoms with Crippen LogP contribution in [0.25, 0.3) is 6.08 Å². The first kappa shape index (κ1) is 18.0. The fraction of sp³-hybridized carbons (Fsp3) is 0.400. The minimum atomic E-state index is -3.32. The number of hydrogen-bond donors (Lipinski definition) is 1. The van der Waals surface area contributed by atoms with Crippen molar-refractivity contribution in [2.45, 2.75) is 0 Å². The van der Waals surface area contributed by atoms with Gasteiger partial charge < -0.3 is 5.32 Å². The first-order valence-electron chi connectivity index (χ1n) is 7.24. The summed E-state index contributed by atoms with van der Waals surface area (Å²) >= 11 is 1.74. The molecule has 0 atom stereocenters. The van der Waals surface area contributed by atoms with Crippen LogP contribution >= 0.6 is 11.8 Å². The van der Waals surface area contributed by atoms with Crippen LogP contribution in [0.1, 0.15) is 5.56 Å². The number of nitrogens with zero attached hydrogens (tertiary/aromatic N) is 1. The molecule has 0 bridgehead atoms. The summed E-state index contributed by atoms with van der Waals surface area (Å²) in [5, 5.41) is 2.53. The molecule has 0 aliphatic carbocycles. The number of carbonyl (C=O) groups is 1. The smallest absolute Gasteiger partial charge is 0.244 e. The molecule has 1 aliphatic rings. The van der Waals surface area contributed by atoms with Crippen LogP contribution in [0.4, 0.5) is 4.39 Å². The summed E-state index contributed by atoms with van der Waals surface area (Å²) in [5.74, 6) is 0.721. The van der Waals surface area contributed by atoms with E-state index < -0.39 is 15.9 Å². The predicted octanol–water partition coefficient (Wildman–Crippen LogP) is 1.33. The molecular formula is C15H19FN2O3S2. The Balaban J connectivity index is 1.78. The van der Waals surface area contributed by atoms with Crippen molar-refractivity contribution < 1.29 is 17.6 Å². The van der Waals surface area contributed by atoms with Crippen molar-refractivity contribution in [2.75, 3.05) is 36.9 Å². The van der Waals surface area contributed by atoms with Crippen LogP contribution in [0.5, 0.6) is 0 Å². The minimum Gasteiger partial charge on any atom is -0.351 e. The highest BCUT2D eigenvalue weighted by molar-refractivity contribution is 7.99. The Morgan fingerprint density at radius 1 is 1.35 bits per heavy atom. The molecule has 1 N–H and O–H groups in total. The molecule has 1 amide bonds. The van der Waals surface area contributed by atoms with Gasteiger partial charge in [-0.2, -0.15) is 11.8 Å². The number of benzene rings is 1.